The van der Waals surface area contributed by atoms with Crippen LogP contribution in [0.15, 0.2) is 69.9 Å². The quantitative estimate of drug-likeness (QED) is 0.125. The van der Waals surface area contributed by atoms with E-state index in [1.54, 1.807) is 0 Å². The summed E-state index contributed by atoms with van der Waals surface area (Å²) in [5.41, 5.74) is 7.96. The molecule has 0 saturated heterocycles. The van der Waals surface area contributed by atoms with Gasteiger partial charge in [0.1, 0.15) is 0 Å². The molecule has 2 rings (SSSR count). The number of sulfone groups is 1. The van der Waals surface area contributed by atoms with Crippen molar-refractivity contribution in [1.29, 1.82) is 0 Å². The largest absolute Gasteiger partial charge is 0.460 e. The predicted octanol–water partition coefficient (Wildman–Crippen LogP) is 9.59. The van der Waals surface area contributed by atoms with Crippen LogP contribution in [0, 0.1) is 0 Å². The Labute approximate surface area is 277 Å². The van der Waals surface area contributed by atoms with E-state index in [4.69, 9.17) is 11.5 Å². The van der Waals surface area contributed by atoms with E-state index in [1.165, 1.54) is 0 Å². The van der Waals surface area contributed by atoms with Gasteiger partial charge in [0.05, 0.1) is 21.2 Å². The van der Waals surface area contributed by atoms with E-state index in [-0.39, 0.29) is 36.4 Å². The number of allylic oxidation sites excluding steroid dienone is 2. The average Bonchev–Trinajstić information content (AvgIpc) is 3.00. The van der Waals surface area contributed by atoms with Gasteiger partial charge in [-0.2, -0.15) is 96.6 Å². The molecule has 300 valence electrons. The molecule has 0 fully saturated rings. The van der Waals surface area contributed by atoms with Gasteiger partial charge in [0.25, 0.3) is 0 Å². The molecule has 0 aliphatic rings. The summed E-state index contributed by atoms with van der Waals surface area (Å²) in [5, 5.41) is 0. The van der Waals surface area contributed by atoms with Gasteiger partial charge in [-0.3, -0.25) is 0 Å². The molecule has 0 unspecified atom stereocenters. The van der Waals surface area contributed by atoms with Crippen LogP contribution in [0.2, 0.25) is 0 Å². The minimum Gasteiger partial charge on any atom is -0.427 e. The van der Waals surface area contributed by atoms with Gasteiger partial charge < -0.3 is 20.9 Å². The van der Waals surface area contributed by atoms with E-state index in [9.17, 15) is 105 Å². The number of benzene rings is 2. The Morgan fingerprint density at radius 2 is 0.736 bits per heavy atom. The van der Waals surface area contributed by atoms with Gasteiger partial charge >= 0.3 is 59.9 Å². The maximum atomic E-state index is 14.0. The molecule has 0 spiro atoms. The topological polar surface area (TPSA) is 105 Å². The van der Waals surface area contributed by atoms with Crippen LogP contribution in [0.1, 0.15) is 0 Å². The first-order chi connectivity index (χ1) is 23.4. The molecule has 2 aromatic rings. The maximum absolute atomic E-state index is 14.0. The van der Waals surface area contributed by atoms with E-state index in [0.717, 1.165) is 0 Å². The number of halogens is 22. The van der Waals surface area contributed by atoms with Crippen LogP contribution in [-0.2, 0) is 9.84 Å². The summed E-state index contributed by atoms with van der Waals surface area (Å²) < 4.78 is 322. The zero-order chi connectivity index (χ0) is 41.9. The molecule has 0 amide bonds. The number of nitrogens with two attached hydrogens (primary N) is 2. The zero-order valence-electron chi connectivity index (χ0n) is 24.0. The average molecular weight is 840 g/mol. The third-order valence-corrected chi connectivity index (χ3v) is 7.92. The molecule has 0 aliphatic heterocycles. The van der Waals surface area contributed by atoms with E-state index >= 15 is 0 Å². The smallest absolute Gasteiger partial charge is 0.427 e. The minimum atomic E-state index is -7.68. The Kier molecular flexibility index (Phi) is 11.3. The lowest BCUT2D eigenvalue weighted by Crippen LogP contribution is -2.61. The Morgan fingerprint density at radius 1 is 0.472 bits per heavy atom. The number of rotatable bonds is 12. The van der Waals surface area contributed by atoms with E-state index in [0.29, 0.717) is 0 Å². The molecule has 0 bridgehead atoms. The van der Waals surface area contributed by atoms with Gasteiger partial charge in [-0.1, -0.05) is 0 Å². The number of alkyl halides is 18. The second-order valence-electron chi connectivity index (χ2n) is 9.72. The standard InChI is InChI=1S/C24H10F22N2O4S/c25-13(17(29,30)19(33,34)21(37,38)23(41,42)43)15(27)51-11-3-1-7(5-9(11)47)53(49,50)8-2-4-12(10(48)6-8)52-16(28)14(26)18(31,32)20(35,36)22(39,40)24(44,45)46/h1-6H,47-48H2. The highest BCUT2D eigenvalue weighted by atomic mass is 32.2. The van der Waals surface area contributed by atoms with Crippen LogP contribution in [0.25, 0.3) is 0 Å². The molecule has 53 heavy (non-hydrogen) atoms. The lowest BCUT2D eigenvalue weighted by atomic mass is 10.0. The molecule has 0 aromatic heterocycles. The second kappa shape index (κ2) is 13.4. The number of anilines is 2. The fourth-order valence-corrected chi connectivity index (χ4v) is 4.60. The normalized spacial score (nSPS) is 15.5. The summed E-state index contributed by atoms with van der Waals surface area (Å²) in [6.07, 6.45) is -14.8. The first kappa shape index (κ1) is 44.7. The molecule has 0 saturated carbocycles. The zero-order valence-corrected chi connectivity index (χ0v) is 24.8. The van der Waals surface area contributed by atoms with Gasteiger partial charge in [-0.15, -0.1) is 0 Å². The SMILES string of the molecule is Nc1cc(S(=O)(=O)c2ccc(OC(F)=C(F)C(F)(F)C(F)(F)C(F)(F)C(F)(F)F)c(N)c2)ccc1OC(F)=C(F)C(F)(F)C(F)(F)C(F)(F)C(F)(F)F. The third-order valence-electron chi connectivity index (χ3n) is 6.17. The summed E-state index contributed by atoms with van der Waals surface area (Å²) in [6, 6.07) is -6.20. The molecular weight excluding hydrogens is 830 g/mol. The molecule has 0 radical (unpaired) electrons. The Morgan fingerprint density at radius 3 is 0.962 bits per heavy atom. The van der Waals surface area contributed by atoms with Gasteiger partial charge in [0.15, 0.2) is 11.5 Å². The lowest BCUT2D eigenvalue weighted by Gasteiger charge is -2.32. The van der Waals surface area contributed by atoms with Crippen molar-refractivity contribution in [2.45, 2.75) is 57.7 Å². The van der Waals surface area contributed by atoms with Crippen molar-refractivity contribution in [3.05, 3.63) is 60.1 Å². The summed E-state index contributed by atoms with van der Waals surface area (Å²) in [5.74, 6) is -56.9. The minimum absolute atomic E-state index is 0.109. The van der Waals surface area contributed by atoms with Gasteiger partial charge in [-0.05, 0) is 36.4 Å². The van der Waals surface area contributed by atoms with Crippen LogP contribution in [0.5, 0.6) is 11.5 Å². The first-order valence-corrected chi connectivity index (χ1v) is 13.8. The number of hydrogen-bond acceptors (Lipinski definition) is 6. The molecule has 0 heterocycles. The number of nitrogen functional groups attached to an aromatic ring is 2. The second-order valence-corrected chi connectivity index (χ2v) is 11.7. The van der Waals surface area contributed by atoms with Crippen LogP contribution >= 0.6 is 0 Å². The van der Waals surface area contributed by atoms with Crippen LogP contribution in [0.3, 0.4) is 0 Å². The van der Waals surface area contributed by atoms with E-state index in [1.807, 2.05) is 0 Å². The highest BCUT2D eigenvalue weighted by Gasteiger charge is 2.84. The van der Waals surface area contributed by atoms with Gasteiger partial charge in [0, 0.05) is 0 Å². The fourth-order valence-electron chi connectivity index (χ4n) is 3.26. The lowest BCUT2D eigenvalue weighted by molar-refractivity contribution is -0.392. The van der Waals surface area contributed by atoms with Crippen LogP contribution < -0.4 is 20.9 Å². The van der Waals surface area contributed by atoms with Crippen molar-refractivity contribution in [2.75, 3.05) is 11.5 Å². The molecule has 4 N–H and O–H groups in total. The summed E-state index contributed by atoms with van der Waals surface area (Å²) in [6.45, 7) is 0. The van der Waals surface area contributed by atoms with Gasteiger partial charge in [-0.25, -0.2) is 8.42 Å². The van der Waals surface area contributed by atoms with Crippen molar-refractivity contribution < 1.29 is 114 Å². The Balaban J connectivity index is 2.44. The van der Waals surface area contributed by atoms with Crippen molar-refractivity contribution in [3.63, 3.8) is 0 Å². The molecular formula is C24H10F22N2O4S. The van der Waals surface area contributed by atoms with Crippen molar-refractivity contribution >= 4 is 21.2 Å². The van der Waals surface area contributed by atoms with E-state index < -0.39 is 114 Å². The number of ether oxygens (including phenoxy) is 2. The first-order valence-electron chi connectivity index (χ1n) is 12.3. The third kappa shape index (κ3) is 7.38. The molecule has 0 aliphatic carbocycles. The van der Waals surface area contributed by atoms with Gasteiger partial charge in [0.2, 0.25) is 21.5 Å². The monoisotopic (exact) mass is 840 g/mol. The Bertz CT molecular complexity index is 1770. The number of hydrogen-bond donors (Lipinski definition) is 2. The van der Waals surface area contributed by atoms with Crippen LogP contribution in [0.4, 0.5) is 108 Å². The highest BCUT2D eigenvalue weighted by molar-refractivity contribution is 7.91. The summed E-state index contributed by atoms with van der Waals surface area (Å²) in [4.78, 5) is -2.27. The van der Waals surface area contributed by atoms with E-state index in [2.05, 4.69) is 9.47 Å². The van der Waals surface area contributed by atoms with Crippen LogP contribution in [-0.4, -0.2) is 56.3 Å². The molecule has 29 heteroatoms. The molecule has 2 aromatic carbocycles. The fraction of sp³-hybridized carbons (Fsp3) is 0.333. The predicted molar refractivity (Wildman–Crippen MR) is 129 cm³/mol. The van der Waals surface area contributed by atoms with Crippen molar-refractivity contribution in [2.24, 2.45) is 0 Å². The molecule has 0 atom stereocenters. The molecule has 6 nitrogen and oxygen atoms in total. The maximum Gasteiger partial charge on any atom is 0.460 e. The van der Waals surface area contributed by atoms with Crippen molar-refractivity contribution in [1.82, 2.24) is 0 Å². The van der Waals surface area contributed by atoms with Crippen molar-refractivity contribution in [3.8, 4) is 11.5 Å². The summed E-state index contributed by atoms with van der Waals surface area (Å²) in [7, 11) is -5.10. The Hall–Kier alpha value is -4.47. The highest BCUT2D eigenvalue weighted by Crippen LogP contribution is 2.57. The summed E-state index contributed by atoms with van der Waals surface area (Å²) >= 11 is 0.